The molecule has 1 N–H and O–H groups in total. The number of nitrogens with zero attached hydrogens (tertiary/aromatic N) is 3. The highest BCUT2D eigenvalue weighted by atomic mass is 16.5. The molecule has 1 saturated heterocycles. The molecule has 0 atom stereocenters. The van der Waals surface area contributed by atoms with E-state index in [0.29, 0.717) is 25.6 Å². The Bertz CT molecular complexity index is 399. The Morgan fingerprint density at radius 3 is 3.05 bits per heavy atom. The molecule has 0 radical (unpaired) electrons. The van der Waals surface area contributed by atoms with Crippen LogP contribution in [0, 0.1) is 0 Å². The monoisotopic (exact) mass is 266 g/mol. The molecule has 0 aliphatic carbocycles. The molecule has 2 heterocycles. The number of ketones is 1. The molecule has 0 bridgehead atoms. The molecule has 106 valence electrons. The van der Waals surface area contributed by atoms with Crippen LogP contribution in [0.15, 0.2) is 6.33 Å². The minimum absolute atomic E-state index is 0.164. The summed E-state index contributed by atoms with van der Waals surface area (Å²) in [6.45, 7) is 5.28. The third kappa shape index (κ3) is 4.40. The zero-order chi connectivity index (χ0) is 13.5. The quantitative estimate of drug-likeness (QED) is 0.781. The number of piperidine rings is 1. The fourth-order valence-electron chi connectivity index (χ4n) is 2.26. The van der Waals surface area contributed by atoms with Crippen LogP contribution < -0.4 is 5.32 Å². The predicted molar refractivity (Wildman–Crippen MR) is 70.9 cm³/mol. The van der Waals surface area contributed by atoms with E-state index in [1.807, 2.05) is 6.92 Å². The first-order valence-electron chi connectivity index (χ1n) is 7.00. The lowest BCUT2D eigenvalue weighted by Gasteiger charge is -2.22. The van der Waals surface area contributed by atoms with Crippen molar-refractivity contribution < 1.29 is 9.53 Å². The highest BCUT2D eigenvalue weighted by Gasteiger charge is 2.14. The van der Waals surface area contributed by atoms with Gasteiger partial charge in [0.15, 0.2) is 0 Å². The first-order valence-corrected chi connectivity index (χ1v) is 7.00. The van der Waals surface area contributed by atoms with E-state index in [4.69, 9.17) is 4.74 Å². The molecule has 0 spiro atoms. The Labute approximate surface area is 113 Å². The third-order valence-corrected chi connectivity index (χ3v) is 3.37. The van der Waals surface area contributed by atoms with Crippen LogP contribution in [0.5, 0.6) is 0 Å². The minimum Gasteiger partial charge on any atom is -0.378 e. The average Bonchev–Trinajstić information content (AvgIpc) is 2.87. The lowest BCUT2D eigenvalue weighted by atomic mass is 10.1. The summed E-state index contributed by atoms with van der Waals surface area (Å²) < 4.78 is 7.48. The lowest BCUT2D eigenvalue weighted by molar-refractivity contribution is -0.120. The molecule has 0 unspecified atom stereocenters. The second-order valence-corrected chi connectivity index (χ2v) is 4.78. The Morgan fingerprint density at radius 1 is 1.53 bits per heavy atom. The van der Waals surface area contributed by atoms with Crippen LogP contribution in [0.3, 0.4) is 0 Å². The number of hydrogen-bond donors (Lipinski definition) is 1. The van der Waals surface area contributed by atoms with Gasteiger partial charge in [0.2, 0.25) is 0 Å². The summed E-state index contributed by atoms with van der Waals surface area (Å²) in [6.07, 6.45) is 4.70. The van der Waals surface area contributed by atoms with Gasteiger partial charge < -0.3 is 10.1 Å². The molecule has 1 aromatic rings. The molecule has 2 rings (SSSR count). The van der Waals surface area contributed by atoms with Crippen molar-refractivity contribution in [3.8, 4) is 0 Å². The Hall–Kier alpha value is -1.27. The van der Waals surface area contributed by atoms with Gasteiger partial charge in [-0.1, -0.05) is 0 Å². The van der Waals surface area contributed by atoms with Gasteiger partial charge in [0.25, 0.3) is 0 Å². The number of nitrogens with one attached hydrogen (secondary N) is 1. The van der Waals surface area contributed by atoms with Gasteiger partial charge in [0.05, 0.1) is 19.1 Å². The van der Waals surface area contributed by atoms with Crippen LogP contribution in [0.25, 0.3) is 0 Å². The molecule has 0 saturated carbocycles. The third-order valence-electron chi connectivity index (χ3n) is 3.37. The number of aromatic nitrogens is 3. The van der Waals surface area contributed by atoms with Gasteiger partial charge in [0, 0.05) is 13.0 Å². The van der Waals surface area contributed by atoms with Gasteiger partial charge in [-0.25, -0.2) is 9.67 Å². The number of carbonyl (C=O) groups excluding carboxylic acids is 1. The van der Waals surface area contributed by atoms with E-state index in [1.165, 1.54) is 6.33 Å². The van der Waals surface area contributed by atoms with Gasteiger partial charge in [0.1, 0.15) is 17.9 Å². The maximum Gasteiger partial charge on any atom is 0.142 e. The van der Waals surface area contributed by atoms with Crippen LogP contribution >= 0.6 is 0 Å². The van der Waals surface area contributed by atoms with Crippen molar-refractivity contribution in [2.24, 2.45) is 0 Å². The normalized spacial score (nSPS) is 16.7. The first kappa shape index (κ1) is 14.1. The molecule has 6 heteroatoms. The fraction of sp³-hybridized carbons (Fsp3) is 0.769. The smallest absolute Gasteiger partial charge is 0.142 e. The van der Waals surface area contributed by atoms with Gasteiger partial charge in [-0.05, 0) is 32.9 Å². The van der Waals surface area contributed by atoms with Gasteiger partial charge in [-0.3, -0.25) is 4.79 Å². The van der Waals surface area contributed by atoms with Crippen molar-refractivity contribution in [2.45, 2.75) is 45.3 Å². The van der Waals surface area contributed by atoms with Gasteiger partial charge in [-0.15, -0.1) is 0 Å². The average molecular weight is 266 g/mol. The van der Waals surface area contributed by atoms with E-state index < -0.39 is 0 Å². The van der Waals surface area contributed by atoms with Crippen LogP contribution in [-0.4, -0.2) is 46.3 Å². The minimum atomic E-state index is 0.164. The Balaban J connectivity index is 1.67. The summed E-state index contributed by atoms with van der Waals surface area (Å²) in [6, 6.07) is 0. The van der Waals surface area contributed by atoms with E-state index in [-0.39, 0.29) is 5.78 Å². The van der Waals surface area contributed by atoms with E-state index in [0.717, 1.165) is 38.3 Å². The summed E-state index contributed by atoms with van der Waals surface area (Å²) in [7, 11) is 0. The predicted octanol–water partition coefficient (Wildman–Crippen LogP) is 0.568. The van der Waals surface area contributed by atoms with E-state index in [9.17, 15) is 4.79 Å². The van der Waals surface area contributed by atoms with Crippen molar-refractivity contribution in [2.75, 3.05) is 19.7 Å². The maximum atomic E-state index is 11.8. The van der Waals surface area contributed by atoms with Crippen LogP contribution in [0.4, 0.5) is 0 Å². The largest absolute Gasteiger partial charge is 0.378 e. The molecular weight excluding hydrogens is 244 g/mol. The van der Waals surface area contributed by atoms with E-state index in [1.54, 1.807) is 4.68 Å². The molecule has 1 aromatic heterocycles. The number of carbonyl (C=O) groups is 1. The van der Waals surface area contributed by atoms with Crippen LogP contribution in [0.1, 0.15) is 32.0 Å². The number of ether oxygens (including phenoxy) is 1. The summed E-state index contributed by atoms with van der Waals surface area (Å²) in [5.74, 6) is 0.908. The molecule has 1 aliphatic heterocycles. The van der Waals surface area contributed by atoms with Gasteiger partial charge >= 0.3 is 0 Å². The second kappa shape index (κ2) is 7.35. The number of rotatable bonds is 7. The molecule has 1 aliphatic rings. The van der Waals surface area contributed by atoms with E-state index in [2.05, 4.69) is 15.4 Å². The van der Waals surface area contributed by atoms with Crippen LogP contribution in [-0.2, 0) is 22.5 Å². The first-order chi connectivity index (χ1) is 9.29. The summed E-state index contributed by atoms with van der Waals surface area (Å²) >= 11 is 0. The zero-order valence-corrected chi connectivity index (χ0v) is 11.5. The van der Waals surface area contributed by atoms with Crippen molar-refractivity contribution in [3.05, 3.63) is 12.2 Å². The highest BCUT2D eigenvalue weighted by Crippen LogP contribution is 2.08. The summed E-state index contributed by atoms with van der Waals surface area (Å²) in [5.41, 5.74) is 0. The lowest BCUT2D eigenvalue weighted by Crippen LogP contribution is -2.32. The summed E-state index contributed by atoms with van der Waals surface area (Å²) in [5, 5.41) is 7.35. The van der Waals surface area contributed by atoms with Crippen molar-refractivity contribution in [1.29, 1.82) is 0 Å². The Kier molecular flexibility index (Phi) is 5.47. The number of aryl methyl sites for hydroxylation is 1. The fourth-order valence-corrected chi connectivity index (χ4v) is 2.26. The van der Waals surface area contributed by atoms with Crippen LogP contribution in [0.2, 0.25) is 0 Å². The highest BCUT2D eigenvalue weighted by molar-refractivity contribution is 5.80. The van der Waals surface area contributed by atoms with E-state index >= 15 is 0 Å². The standard InChI is InChI=1S/C13H22N4O2/c1-2-17-13(15-10-16-17)9-11(18)5-8-19-12-3-6-14-7-4-12/h10,12,14H,2-9H2,1H3. The Morgan fingerprint density at radius 2 is 2.32 bits per heavy atom. The molecule has 19 heavy (non-hydrogen) atoms. The molecular formula is C13H22N4O2. The maximum absolute atomic E-state index is 11.8. The SMILES string of the molecule is CCn1ncnc1CC(=O)CCOC1CCNCC1. The number of hydrogen-bond acceptors (Lipinski definition) is 5. The summed E-state index contributed by atoms with van der Waals surface area (Å²) in [4.78, 5) is 16.0. The topological polar surface area (TPSA) is 69.0 Å². The van der Waals surface area contributed by atoms with Gasteiger partial charge in [-0.2, -0.15) is 5.10 Å². The van der Waals surface area contributed by atoms with Crippen molar-refractivity contribution >= 4 is 5.78 Å². The molecule has 1 fully saturated rings. The molecule has 0 aromatic carbocycles. The zero-order valence-electron chi connectivity index (χ0n) is 11.5. The number of Topliss-reactive ketones (excluding diaryl/α,β-unsaturated/α-hetero) is 1. The van der Waals surface area contributed by atoms with Crippen molar-refractivity contribution in [3.63, 3.8) is 0 Å². The van der Waals surface area contributed by atoms with Crippen molar-refractivity contribution in [1.82, 2.24) is 20.1 Å². The molecule has 0 amide bonds. The second-order valence-electron chi connectivity index (χ2n) is 4.78. The molecule has 6 nitrogen and oxygen atoms in total.